The van der Waals surface area contributed by atoms with Gasteiger partial charge in [-0.05, 0) is 74.2 Å². The summed E-state index contributed by atoms with van der Waals surface area (Å²) >= 11 is 6.25. The highest BCUT2D eigenvalue weighted by atomic mass is 35.5. The van der Waals surface area contributed by atoms with Crippen LogP contribution < -0.4 is 13.8 Å². The van der Waals surface area contributed by atoms with Crippen molar-refractivity contribution in [3.63, 3.8) is 0 Å². The fraction of sp³-hybridized carbons (Fsp3) is 0.333. The highest BCUT2D eigenvalue weighted by Gasteiger charge is 2.37. The van der Waals surface area contributed by atoms with Crippen LogP contribution in [0.1, 0.15) is 43.4 Å². The Kier molecular flexibility index (Phi) is 9.75. The van der Waals surface area contributed by atoms with Crippen LogP contribution in [0, 0.1) is 12.7 Å². The van der Waals surface area contributed by atoms with Crippen molar-refractivity contribution in [1.82, 2.24) is 4.98 Å². The number of aromatic nitrogens is 1. The van der Waals surface area contributed by atoms with Gasteiger partial charge >= 0.3 is 5.97 Å². The fourth-order valence-electron chi connectivity index (χ4n) is 4.52. The van der Waals surface area contributed by atoms with E-state index in [4.69, 9.17) is 25.8 Å². The van der Waals surface area contributed by atoms with Crippen molar-refractivity contribution in [2.45, 2.75) is 50.7 Å². The SMILES string of the molecule is COC(=O)CC[C@H]1CN(S(=O)(=O)c2cc(C)cnc2OC[C@@H](C)O)c2cc(/C=C(\C)c3c(F)cccc3Cl)ccc2O1. The zero-order valence-electron chi connectivity index (χ0n) is 23.6. The molecule has 0 aliphatic carbocycles. The highest BCUT2D eigenvalue weighted by molar-refractivity contribution is 7.93. The number of fused-ring (bicyclic) bond motifs is 1. The van der Waals surface area contributed by atoms with Crippen LogP contribution in [0.15, 0.2) is 53.6 Å². The summed E-state index contributed by atoms with van der Waals surface area (Å²) in [6, 6.07) is 10.8. The lowest BCUT2D eigenvalue weighted by molar-refractivity contribution is -0.141. The van der Waals surface area contributed by atoms with Gasteiger partial charge in [-0.3, -0.25) is 9.10 Å². The molecule has 0 radical (unpaired) electrons. The Morgan fingerprint density at radius 3 is 2.76 bits per heavy atom. The van der Waals surface area contributed by atoms with Crippen molar-refractivity contribution in [2.75, 3.05) is 24.6 Å². The number of allylic oxidation sites excluding steroid dienone is 1. The molecule has 9 nitrogen and oxygen atoms in total. The molecular formula is C30H32ClFN2O7S. The molecule has 2 atom stereocenters. The first kappa shape index (κ1) is 31.3. The summed E-state index contributed by atoms with van der Waals surface area (Å²) in [4.78, 5) is 15.8. The van der Waals surface area contributed by atoms with Crippen LogP contribution in [0.25, 0.3) is 11.6 Å². The standard InChI is InChI=1S/C30H32ClFN2O7S/c1-18-12-27(30(33-15-18)40-17-20(3)35)42(37,38)34-16-22(9-11-28(36)39-4)41-26-10-8-21(14-25(26)34)13-19(2)29-23(31)6-5-7-24(29)32/h5-8,10,12-15,20,22,35H,9,11,16-17H2,1-4H3/b19-13+/t20-,22+/m1/s1. The van der Waals surface area contributed by atoms with E-state index in [9.17, 15) is 22.7 Å². The van der Waals surface area contributed by atoms with Crippen molar-refractivity contribution >= 4 is 44.9 Å². The molecule has 0 spiro atoms. The van der Waals surface area contributed by atoms with Crippen LogP contribution in [0.2, 0.25) is 5.02 Å². The Balaban J connectivity index is 1.80. The second-order valence-corrected chi connectivity index (χ2v) is 12.3. The Bertz CT molecular complexity index is 1590. The molecule has 4 rings (SSSR count). The summed E-state index contributed by atoms with van der Waals surface area (Å²) in [5, 5.41) is 9.96. The van der Waals surface area contributed by atoms with Crippen LogP contribution in [0.5, 0.6) is 11.6 Å². The van der Waals surface area contributed by atoms with Crippen LogP contribution in [-0.2, 0) is 19.6 Å². The zero-order valence-corrected chi connectivity index (χ0v) is 25.2. The number of nitrogens with zero attached hydrogens (tertiary/aromatic N) is 2. The maximum atomic E-state index is 14.6. The van der Waals surface area contributed by atoms with Crippen molar-refractivity contribution in [2.24, 2.45) is 0 Å². The normalized spacial score (nSPS) is 15.9. The van der Waals surface area contributed by atoms with E-state index in [-0.39, 0.29) is 58.8 Å². The molecule has 0 saturated heterocycles. The van der Waals surface area contributed by atoms with Crippen molar-refractivity contribution in [3.05, 3.63) is 76.2 Å². The summed E-state index contributed by atoms with van der Waals surface area (Å²) in [6.07, 6.45) is 1.90. The van der Waals surface area contributed by atoms with Gasteiger partial charge in [0, 0.05) is 18.2 Å². The first-order chi connectivity index (χ1) is 19.9. The van der Waals surface area contributed by atoms with E-state index >= 15 is 0 Å². The van der Waals surface area contributed by atoms with Gasteiger partial charge in [0.2, 0.25) is 5.88 Å². The molecule has 1 N–H and O–H groups in total. The van der Waals surface area contributed by atoms with Crippen LogP contribution in [-0.4, -0.2) is 56.9 Å². The minimum atomic E-state index is -4.30. The molecule has 12 heteroatoms. The number of anilines is 1. The third-order valence-electron chi connectivity index (χ3n) is 6.54. The Morgan fingerprint density at radius 2 is 2.07 bits per heavy atom. The van der Waals surface area contributed by atoms with Gasteiger partial charge in [-0.2, -0.15) is 0 Å². The molecule has 1 aliphatic rings. The Morgan fingerprint density at radius 1 is 1.31 bits per heavy atom. The Hall–Kier alpha value is -3.67. The highest BCUT2D eigenvalue weighted by Crippen LogP contribution is 2.41. The number of ether oxygens (including phenoxy) is 3. The lowest BCUT2D eigenvalue weighted by Crippen LogP contribution is -2.44. The molecular weight excluding hydrogens is 587 g/mol. The summed E-state index contributed by atoms with van der Waals surface area (Å²) in [5.41, 5.74) is 2.19. The second kappa shape index (κ2) is 13.1. The number of hydrogen-bond donors (Lipinski definition) is 1. The number of sulfonamides is 1. The number of rotatable bonds is 10. The van der Waals surface area contributed by atoms with E-state index in [0.29, 0.717) is 16.7 Å². The monoisotopic (exact) mass is 618 g/mol. The quantitative estimate of drug-likeness (QED) is 0.237. The molecule has 0 bridgehead atoms. The van der Waals surface area contributed by atoms with Crippen molar-refractivity contribution in [3.8, 4) is 11.6 Å². The maximum Gasteiger partial charge on any atom is 0.305 e. The molecule has 0 amide bonds. The Labute approximate surface area is 249 Å². The second-order valence-electron chi connectivity index (χ2n) is 10.0. The predicted octanol–water partition coefficient (Wildman–Crippen LogP) is 5.41. The summed E-state index contributed by atoms with van der Waals surface area (Å²) in [7, 11) is -3.02. The molecule has 1 aliphatic heterocycles. The first-order valence-electron chi connectivity index (χ1n) is 13.2. The van der Waals surface area contributed by atoms with Crippen LogP contribution in [0.4, 0.5) is 10.1 Å². The van der Waals surface area contributed by atoms with Crippen molar-refractivity contribution < 1.29 is 36.9 Å². The van der Waals surface area contributed by atoms with Gasteiger partial charge in [-0.25, -0.2) is 17.8 Å². The number of aryl methyl sites for hydroxylation is 1. The van der Waals surface area contributed by atoms with Gasteiger partial charge in [-0.1, -0.05) is 29.8 Å². The number of pyridine rings is 1. The average Bonchev–Trinajstić information content (AvgIpc) is 2.94. The molecule has 2 aromatic carbocycles. The third kappa shape index (κ3) is 7.03. The zero-order chi connectivity index (χ0) is 30.6. The molecule has 2 heterocycles. The number of halogens is 2. The van der Waals surface area contributed by atoms with Crippen molar-refractivity contribution in [1.29, 1.82) is 0 Å². The topological polar surface area (TPSA) is 115 Å². The largest absolute Gasteiger partial charge is 0.486 e. The number of benzene rings is 2. The molecule has 224 valence electrons. The predicted molar refractivity (Wildman–Crippen MR) is 158 cm³/mol. The number of esters is 1. The lowest BCUT2D eigenvalue weighted by Gasteiger charge is -2.36. The van der Waals surface area contributed by atoms with Gasteiger partial charge in [-0.15, -0.1) is 0 Å². The molecule has 0 unspecified atom stereocenters. The average molecular weight is 619 g/mol. The van der Waals surface area contributed by atoms with Crippen LogP contribution in [0.3, 0.4) is 0 Å². The van der Waals surface area contributed by atoms with E-state index in [2.05, 4.69) is 4.98 Å². The molecule has 0 fully saturated rings. The van der Waals surface area contributed by atoms with E-state index in [1.807, 2.05) is 0 Å². The summed E-state index contributed by atoms with van der Waals surface area (Å²) in [5.74, 6) is -0.794. The van der Waals surface area contributed by atoms with E-state index in [1.54, 1.807) is 44.2 Å². The van der Waals surface area contributed by atoms with Gasteiger partial charge in [0.05, 0.1) is 30.5 Å². The lowest BCUT2D eigenvalue weighted by atomic mass is 10.0. The van der Waals surface area contributed by atoms with E-state index < -0.39 is 34.0 Å². The first-order valence-corrected chi connectivity index (χ1v) is 15.0. The van der Waals surface area contributed by atoms with E-state index in [0.717, 1.165) is 0 Å². The molecule has 3 aromatic rings. The minimum absolute atomic E-state index is 0.0303. The number of aliphatic hydroxyl groups is 1. The van der Waals surface area contributed by atoms with Gasteiger partial charge < -0.3 is 19.3 Å². The summed E-state index contributed by atoms with van der Waals surface area (Å²) in [6.45, 7) is 4.66. The molecule has 0 saturated carbocycles. The summed E-state index contributed by atoms with van der Waals surface area (Å²) < 4.78 is 60.7. The van der Waals surface area contributed by atoms with E-state index in [1.165, 1.54) is 42.7 Å². The fourth-order valence-corrected chi connectivity index (χ4v) is 6.50. The number of aliphatic hydroxyl groups excluding tert-OH is 1. The van der Waals surface area contributed by atoms with Crippen LogP contribution >= 0.6 is 11.6 Å². The number of carbonyl (C=O) groups excluding carboxylic acids is 1. The van der Waals surface area contributed by atoms with Gasteiger partial charge in [0.25, 0.3) is 10.0 Å². The van der Waals surface area contributed by atoms with Gasteiger partial charge in [0.15, 0.2) is 0 Å². The smallest absolute Gasteiger partial charge is 0.305 e. The maximum absolute atomic E-state index is 14.6. The molecule has 1 aromatic heterocycles. The number of carbonyl (C=O) groups is 1. The number of hydrogen-bond acceptors (Lipinski definition) is 8. The molecule has 42 heavy (non-hydrogen) atoms. The third-order valence-corrected chi connectivity index (χ3v) is 8.63. The van der Waals surface area contributed by atoms with Gasteiger partial charge in [0.1, 0.15) is 29.2 Å². The number of methoxy groups -OCH3 is 1. The minimum Gasteiger partial charge on any atom is -0.486 e.